The largest absolute Gasteiger partial charge is 0.496 e. The van der Waals surface area contributed by atoms with Gasteiger partial charge in [-0.05, 0) is 31.0 Å². The Morgan fingerprint density at radius 2 is 2.12 bits per heavy atom. The van der Waals surface area contributed by atoms with Crippen molar-refractivity contribution in [2.45, 2.75) is 25.1 Å². The fraction of sp³-hybridized carbons (Fsp3) is 0.467. The van der Waals surface area contributed by atoms with Crippen LogP contribution >= 0.6 is 11.6 Å². The van der Waals surface area contributed by atoms with Gasteiger partial charge in [0.25, 0.3) is 5.91 Å². The molecule has 1 saturated heterocycles. The van der Waals surface area contributed by atoms with Crippen molar-refractivity contribution in [3.05, 3.63) is 28.8 Å². The van der Waals surface area contributed by atoms with Crippen molar-refractivity contribution in [3.63, 3.8) is 0 Å². The monoisotopic (exact) mass is 364 g/mol. The predicted molar refractivity (Wildman–Crippen MR) is 81.1 cm³/mol. The van der Waals surface area contributed by atoms with Gasteiger partial charge in [-0.15, -0.1) is 0 Å². The van der Waals surface area contributed by atoms with E-state index in [-0.39, 0.29) is 17.9 Å². The average Bonchev–Trinajstić information content (AvgIpc) is 3.00. The molecule has 132 valence electrons. The molecule has 0 aliphatic carbocycles. The van der Waals surface area contributed by atoms with Crippen LogP contribution in [0.25, 0.3) is 0 Å². The number of ether oxygens (including phenoxy) is 1. The molecule has 2 amide bonds. The van der Waals surface area contributed by atoms with Gasteiger partial charge in [-0.2, -0.15) is 13.2 Å². The minimum atomic E-state index is -4.50. The van der Waals surface area contributed by atoms with E-state index in [1.807, 2.05) is 5.32 Å². The highest BCUT2D eigenvalue weighted by atomic mass is 35.5. The average molecular weight is 365 g/mol. The summed E-state index contributed by atoms with van der Waals surface area (Å²) in [6, 6.07) is 3.54. The molecule has 1 fully saturated rings. The third-order valence-corrected chi connectivity index (χ3v) is 3.91. The van der Waals surface area contributed by atoms with Crippen LogP contribution in [0.5, 0.6) is 5.75 Å². The summed E-state index contributed by atoms with van der Waals surface area (Å²) in [5, 5.41) is 2.14. The van der Waals surface area contributed by atoms with Crippen molar-refractivity contribution in [1.29, 1.82) is 0 Å². The summed E-state index contributed by atoms with van der Waals surface area (Å²) in [7, 11) is 1.39. The molecule has 1 heterocycles. The Morgan fingerprint density at radius 3 is 2.75 bits per heavy atom. The van der Waals surface area contributed by atoms with Crippen molar-refractivity contribution in [1.82, 2.24) is 10.2 Å². The number of rotatable bonds is 4. The Kier molecular flexibility index (Phi) is 5.58. The number of carbonyl (C=O) groups excluding carboxylic acids is 2. The Hall–Kier alpha value is -1.96. The summed E-state index contributed by atoms with van der Waals surface area (Å²) in [4.78, 5) is 25.9. The molecule has 1 N–H and O–H groups in total. The lowest BCUT2D eigenvalue weighted by atomic mass is 10.1. The molecule has 24 heavy (non-hydrogen) atoms. The molecule has 1 aromatic carbocycles. The molecular weight excluding hydrogens is 349 g/mol. The number of halogens is 4. The SMILES string of the molecule is COc1ccc(Cl)cc1C(=O)N1CCCC1C(=O)NCC(F)(F)F. The summed E-state index contributed by atoms with van der Waals surface area (Å²) in [5.74, 6) is -1.04. The summed E-state index contributed by atoms with van der Waals surface area (Å²) < 4.78 is 41.8. The van der Waals surface area contributed by atoms with E-state index in [1.54, 1.807) is 6.07 Å². The Balaban J connectivity index is 2.16. The van der Waals surface area contributed by atoms with Crippen molar-refractivity contribution >= 4 is 23.4 Å². The highest BCUT2D eigenvalue weighted by Crippen LogP contribution is 2.27. The van der Waals surface area contributed by atoms with Crippen LogP contribution in [-0.2, 0) is 4.79 Å². The molecule has 2 rings (SSSR count). The third-order valence-electron chi connectivity index (χ3n) is 3.67. The van der Waals surface area contributed by atoms with E-state index in [4.69, 9.17) is 16.3 Å². The molecule has 9 heteroatoms. The maximum Gasteiger partial charge on any atom is 0.405 e. The predicted octanol–water partition coefficient (Wildman–Crippen LogP) is 2.63. The first kappa shape index (κ1) is 18.4. The summed E-state index contributed by atoms with van der Waals surface area (Å²) in [5.41, 5.74) is 0.167. The number of hydrogen-bond donors (Lipinski definition) is 1. The van der Waals surface area contributed by atoms with Gasteiger partial charge in [0.2, 0.25) is 5.91 Å². The fourth-order valence-corrected chi connectivity index (χ4v) is 2.76. The summed E-state index contributed by atoms with van der Waals surface area (Å²) in [6.07, 6.45) is -3.67. The van der Waals surface area contributed by atoms with Gasteiger partial charge >= 0.3 is 6.18 Å². The van der Waals surface area contributed by atoms with Crippen molar-refractivity contribution in [3.8, 4) is 5.75 Å². The molecule has 0 saturated carbocycles. The quantitative estimate of drug-likeness (QED) is 0.893. The molecule has 5 nitrogen and oxygen atoms in total. The Labute approximate surface area is 141 Å². The van der Waals surface area contributed by atoms with Crippen LogP contribution in [0, 0.1) is 0 Å². The maximum atomic E-state index is 12.7. The van der Waals surface area contributed by atoms with Gasteiger partial charge in [0.05, 0.1) is 12.7 Å². The number of benzene rings is 1. The highest BCUT2D eigenvalue weighted by Gasteiger charge is 2.37. The highest BCUT2D eigenvalue weighted by molar-refractivity contribution is 6.31. The van der Waals surface area contributed by atoms with Gasteiger partial charge in [-0.3, -0.25) is 9.59 Å². The lowest BCUT2D eigenvalue weighted by Crippen LogP contribution is -2.48. The first-order chi connectivity index (χ1) is 11.2. The molecule has 0 aromatic heterocycles. The molecule has 0 bridgehead atoms. The maximum absolute atomic E-state index is 12.7. The topological polar surface area (TPSA) is 58.6 Å². The van der Waals surface area contributed by atoms with Gasteiger partial charge in [0.15, 0.2) is 0 Å². The molecular formula is C15H16ClF3N2O3. The van der Waals surface area contributed by atoms with E-state index >= 15 is 0 Å². The minimum absolute atomic E-state index is 0.167. The van der Waals surface area contributed by atoms with Crippen LogP contribution in [0.3, 0.4) is 0 Å². The number of alkyl halides is 3. The van der Waals surface area contributed by atoms with E-state index in [2.05, 4.69) is 0 Å². The second kappa shape index (κ2) is 7.29. The van der Waals surface area contributed by atoms with Crippen LogP contribution in [0.2, 0.25) is 5.02 Å². The molecule has 1 unspecified atom stereocenters. The van der Waals surface area contributed by atoms with E-state index < -0.39 is 30.6 Å². The van der Waals surface area contributed by atoms with E-state index in [1.165, 1.54) is 24.1 Å². The van der Waals surface area contributed by atoms with Crippen LogP contribution in [0.1, 0.15) is 23.2 Å². The zero-order chi connectivity index (χ0) is 17.9. The lowest BCUT2D eigenvalue weighted by molar-refractivity contribution is -0.140. The number of carbonyl (C=O) groups is 2. The summed E-state index contributed by atoms with van der Waals surface area (Å²) in [6.45, 7) is -1.15. The number of hydrogen-bond acceptors (Lipinski definition) is 3. The smallest absolute Gasteiger partial charge is 0.405 e. The number of nitrogens with one attached hydrogen (secondary N) is 1. The molecule has 1 atom stereocenters. The second-order valence-electron chi connectivity index (χ2n) is 5.33. The second-order valence-corrected chi connectivity index (χ2v) is 5.77. The Bertz CT molecular complexity index is 637. The van der Waals surface area contributed by atoms with Crippen LogP contribution in [-0.4, -0.2) is 49.1 Å². The Morgan fingerprint density at radius 1 is 1.42 bits per heavy atom. The molecule has 1 aromatic rings. The van der Waals surface area contributed by atoms with Gasteiger partial charge in [0, 0.05) is 11.6 Å². The number of methoxy groups -OCH3 is 1. The molecule has 0 radical (unpaired) electrons. The molecule has 0 spiro atoms. The summed E-state index contributed by atoms with van der Waals surface area (Å²) >= 11 is 5.89. The van der Waals surface area contributed by atoms with Crippen LogP contribution < -0.4 is 10.1 Å². The minimum Gasteiger partial charge on any atom is -0.496 e. The van der Waals surface area contributed by atoms with Crippen molar-refractivity contribution in [2.24, 2.45) is 0 Å². The first-order valence-corrected chi connectivity index (χ1v) is 7.59. The lowest BCUT2D eigenvalue weighted by Gasteiger charge is -2.25. The third kappa shape index (κ3) is 4.31. The fourth-order valence-electron chi connectivity index (χ4n) is 2.59. The zero-order valence-corrected chi connectivity index (χ0v) is 13.6. The van der Waals surface area contributed by atoms with Gasteiger partial charge in [-0.1, -0.05) is 11.6 Å². The number of nitrogens with zero attached hydrogens (tertiary/aromatic N) is 1. The van der Waals surface area contributed by atoms with Crippen molar-refractivity contribution in [2.75, 3.05) is 20.2 Å². The van der Waals surface area contributed by atoms with Crippen LogP contribution in [0.15, 0.2) is 18.2 Å². The van der Waals surface area contributed by atoms with E-state index in [0.717, 1.165) is 0 Å². The first-order valence-electron chi connectivity index (χ1n) is 7.22. The standard InChI is InChI=1S/C15H16ClF3N2O3/c1-24-12-5-4-9(16)7-10(12)14(23)21-6-2-3-11(21)13(22)20-8-15(17,18)19/h4-5,7,11H,2-3,6,8H2,1H3,(H,20,22). The zero-order valence-electron chi connectivity index (χ0n) is 12.8. The van der Waals surface area contributed by atoms with E-state index in [9.17, 15) is 22.8 Å². The molecule has 1 aliphatic heterocycles. The number of likely N-dealkylation sites (tertiary alicyclic amines) is 1. The van der Waals surface area contributed by atoms with Crippen LogP contribution in [0.4, 0.5) is 13.2 Å². The van der Waals surface area contributed by atoms with Crippen molar-refractivity contribution < 1.29 is 27.5 Å². The van der Waals surface area contributed by atoms with Gasteiger partial charge < -0.3 is 15.0 Å². The van der Waals surface area contributed by atoms with Gasteiger partial charge in [0.1, 0.15) is 18.3 Å². The van der Waals surface area contributed by atoms with Gasteiger partial charge in [-0.25, -0.2) is 0 Å². The number of amides is 2. The molecule has 1 aliphatic rings. The normalized spacial score (nSPS) is 17.7. The van der Waals surface area contributed by atoms with E-state index in [0.29, 0.717) is 17.9 Å².